The molecule has 0 bridgehead atoms. The van der Waals surface area contributed by atoms with Crippen LogP contribution in [0.15, 0.2) is 159 Å². The lowest BCUT2D eigenvalue weighted by atomic mass is 10.1. The Morgan fingerprint density at radius 1 is 0.521 bits per heavy atom. The van der Waals surface area contributed by atoms with Gasteiger partial charge in [-0.1, -0.05) is 36.4 Å². The third-order valence-corrected chi connectivity index (χ3v) is 20.9. The van der Waals surface area contributed by atoms with E-state index in [0.29, 0.717) is 69.6 Å². The van der Waals surface area contributed by atoms with Crippen LogP contribution in [0, 0.1) is 0 Å². The molecular formula is C65H71ClN14O8S8. The van der Waals surface area contributed by atoms with Gasteiger partial charge in [0.05, 0.1) is 52.7 Å². The van der Waals surface area contributed by atoms with Gasteiger partial charge in [0.2, 0.25) is 25.0 Å². The minimum atomic E-state index is -3.19. The molecule has 3 aliphatic rings. The number of aromatic nitrogens is 6. The maximum absolute atomic E-state index is 12.7. The number of amides is 3. The summed E-state index contributed by atoms with van der Waals surface area (Å²) in [7, 11) is -1.85. The Labute approximate surface area is 588 Å². The van der Waals surface area contributed by atoms with E-state index in [-0.39, 0.29) is 23.5 Å². The van der Waals surface area contributed by atoms with Crippen LogP contribution in [0.5, 0.6) is 0 Å². The standard InChI is InChI=1S/C22H23N5O2S2.C21H23N5O3S3.C21H22N4OS2.CH3ClO2S/c1-15(28)26-9-11-27(12-10-26)17-6-3-5-16(13-17)19-14-31-22(24-19)25-20(29)18-7-4-8-23-21(18)30-2;1-30-20-17(7-4-8-22-20)19(27)24-21-23-18(14-31-21)15-5-3-6-16(13-15)25-9-11-26(12-10-25)32(2,28)29;1-27-21-17(6-3-7-23-21)19(26)13-20-24-18(14-28-20)15-4-2-5-16(12-15)25-10-8-22-9-11-25;1-5(2,3)4/h3-8,13-14H,9-12H2,1-2H3,(H,24,25,29);3-8,13-14H,9-12H2,1-2H3,(H,23,24,27);2-7,12,14,22H,8-11,13H2,1H3;1H3. The Balaban J connectivity index is 0.000000163. The van der Waals surface area contributed by atoms with E-state index in [4.69, 9.17) is 4.98 Å². The quantitative estimate of drug-likeness (QED) is 0.0434. The maximum atomic E-state index is 12.7. The number of hydrogen-bond donors (Lipinski definition) is 3. The maximum Gasteiger partial charge on any atom is 0.260 e. The summed E-state index contributed by atoms with van der Waals surface area (Å²) in [6.07, 6.45) is 13.3. The summed E-state index contributed by atoms with van der Waals surface area (Å²) < 4.78 is 43.8. The Kier molecular flexibility index (Phi) is 26.4. The van der Waals surface area contributed by atoms with Crippen LogP contribution in [0.1, 0.15) is 43.0 Å². The zero-order valence-corrected chi connectivity index (χ0v) is 60.7. The van der Waals surface area contributed by atoms with Crippen LogP contribution < -0.4 is 30.7 Å². The molecule has 3 N–H and O–H groups in total. The van der Waals surface area contributed by atoms with Crippen LogP contribution in [0.4, 0.5) is 27.3 Å². The smallest absolute Gasteiger partial charge is 0.260 e. The highest BCUT2D eigenvalue weighted by molar-refractivity contribution is 8.13. The molecule has 3 amide bonds. The van der Waals surface area contributed by atoms with Gasteiger partial charge in [0.1, 0.15) is 20.1 Å². The number of nitrogens with zero attached hydrogens (tertiary/aromatic N) is 11. The topological polar surface area (TPSA) is 266 Å². The van der Waals surface area contributed by atoms with Crippen LogP contribution >= 0.6 is 80.0 Å². The number of halogens is 1. The molecule has 9 aromatic rings. The summed E-state index contributed by atoms with van der Waals surface area (Å²) in [4.78, 5) is 84.9. The highest BCUT2D eigenvalue weighted by Crippen LogP contribution is 2.33. The predicted molar refractivity (Wildman–Crippen MR) is 394 cm³/mol. The first-order valence-electron chi connectivity index (χ1n) is 30.0. The highest BCUT2D eigenvalue weighted by Gasteiger charge is 2.25. The normalized spacial score (nSPS) is 14.2. The summed E-state index contributed by atoms with van der Waals surface area (Å²) in [5.74, 6) is -0.259. The Morgan fingerprint density at radius 3 is 1.32 bits per heavy atom. The molecule has 3 aliphatic heterocycles. The number of anilines is 5. The molecule has 0 saturated carbocycles. The first-order valence-corrected chi connectivity index (χ1v) is 40.9. The average Bonchev–Trinajstić information content (AvgIpc) is 1.58. The fraction of sp³-hybridized carbons (Fsp3) is 0.292. The minimum Gasteiger partial charge on any atom is -0.369 e. The monoisotopic (exact) mass is 1470 g/mol. The van der Waals surface area contributed by atoms with Crippen molar-refractivity contribution in [2.45, 2.75) is 28.4 Å². The van der Waals surface area contributed by atoms with Crippen LogP contribution in [-0.4, -0.2) is 189 Å². The Hall–Kier alpha value is -7.36. The number of piperazine rings is 3. The van der Waals surface area contributed by atoms with E-state index in [1.54, 1.807) is 49.8 Å². The number of nitrogens with one attached hydrogen (secondary N) is 3. The van der Waals surface area contributed by atoms with Gasteiger partial charge in [0, 0.05) is 165 Å². The van der Waals surface area contributed by atoms with Gasteiger partial charge in [-0.2, -0.15) is 4.31 Å². The molecule has 9 heterocycles. The van der Waals surface area contributed by atoms with Gasteiger partial charge in [-0.3, -0.25) is 29.8 Å². The lowest BCUT2D eigenvalue weighted by molar-refractivity contribution is -0.129. The molecule has 3 saturated heterocycles. The third-order valence-electron chi connectivity index (χ3n) is 15.1. The van der Waals surface area contributed by atoms with Crippen molar-refractivity contribution >= 4 is 150 Å². The summed E-state index contributed by atoms with van der Waals surface area (Å²) in [6, 6.07) is 35.4. The largest absolute Gasteiger partial charge is 0.369 e. The second kappa shape index (κ2) is 34.7. The van der Waals surface area contributed by atoms with Gasteiger partial charge >= 0.3 is 0 Å². The van der Waals surface area contributed by atoms with Gasteiger partial charge in [0.25, 0.3) is 11.8 Å². The molecule has 31 heteroatoms. The summed E-state index contributed by atoms with van der Waals surface area (Å²) in [5, 5.41) is 19.1. The average molecular weight is 1470 g/mol. The van der Waals surface area contributed by atoms with Crippen molar-refractivity contribution in [1.82, 2.24) is 44.4 Å². The molecule has 504 valence electrons. The summed E-state index contributed by atoms with van der Waals surface area (Å²) in [6.45, 7) is 11.0. The summed E-state index contributed by atoms with van der Waals surface area (Å²) in [5.41, 5.74) is 10.7. The second-order valence-electron chi connectivity index (χ2n) is 21.6. The molecule has 0 atom stereocenters. The molecule has 0 radical (unpaired) electrons. The zero-order valence-electron chi connectivity index (χ0n) is 53.4. The first kappa shape index (κ1) is 72.9. The van der Waals surface area contributed by atoms with E-state index in [1.165, 1.54) is 85.5 Å². The van der Waals surface area contributed by atoms with Gasteiger partial charge in [-0.25, -0.2) is 46.7 Å². The van der Waals surface area contributed by atoms with Gasteiger partial charge < -0.3 is 24.9 Å². The van der Waals surface area contributed by atoms with E-state index < -0.39 is 19.1 Å². The Morgan fingerprint density at radius 2 is 0.906 bits per heavy atom. The van der Waals surface area contributed by atoms with Crippen molar-refractivity contribution in [3.05, 3.63) is 166 Å². The van der Waals surface area contributed by atoms with Crippen molar-refractivity contribution in [2.24, 2.45) is 0 Å². The van der Waals surface area contributed by atoms with Gasteiger partial charge in [-0.05, 0) is 91.6 Å². The number of pyridine rings is 3. The van der Waals surface area contributed by atoms with Crippen LogP contribution in [0.2, 0.25) is 0 Å². The van der Waals surface area contributed by atoms with Crippen LogP contribution in [0.3, 0.4) is 0 Å². The van der Waals surface area contributed by atoms with E-state index in [1.807, 2.05) is 88.3 Å². The third kappa shape index (κ3) is 20.8. The highest BCUT2D eigenvalue weighted by atomic mass is 35.7. The van der Waals surface area contributed by atoms with Gasteiger partial charge in [0.15, 0.2) is 16.0 Å². The van der Waals surface area contributed by atoms with Crippen LogP contribution in [-0.2, 0) is 30.3 Å². The fourth-order valence-corrected chi connectivity index (χ4v) is 15.0. The fourth-order valence-electron chi connectivity index (χ4n) is 10.3. The molecule has 0 aliphatic carbocycles. The van der Waals surface area contributed by atoms with Crippen molar-refractivity contribution in [2.75, 3.05) is 135 Å². The van der Waals surface area contributed by atoms with Crippen molar-refractivity contribution in [1.29, 1.82) is 0 Å². The number of rotatable bonds is 17. The number of thioether (sulfide) groups is 3. The number of carbonyl (C=O) groups excluding carboxylic acids is 4. The predicted octanol–water partition coefficient (Wildman–Crippen LogP) is 11.1. The van der Waals surface area contributed by atoms with Crippen molar-refractivity contribution in [3.63, 3.8) is 0 Å². The Bertz CT molecular complexity index is 4380. The molecule has 3 aromatic carbocycles. The number of hydrogen-bond acceptors (Lipinski definition) is 24. The summed E-state index contributed by atoms with van der Waals surface area (Å²) >= 11 is 8.66. The van der Waals surface area contributed by atoms with Crippen LogP contribution in [0.25, 0.3) is 33.8 Å². The zero-order chi connectivity index (χ0) is 68.4. The lowest BCUT2D eigenvalue weighted by Crippen LogP contribution is -2.48. The molecular weight excluding hydrogens is 1400 g/mol. The minimum absolute atomic E-state index is 0.0629. The number of ketones is 1. The first-order chi connectivity index (χ1) is 46.1. The molecule has 22 nitrogen and oxygen atoms in total. The van der Waals surface area contributed by atoms with E-state index >= 15 is 0 Å². The molecule has 12 rings (SSSR count). The molecule has 6 aromatic heterocycles. The SMILES string of the molecule is CS(=O)(=O)Cl.CSc1ncccc1C(=O)Cc1nc(-c2cccc(N3CCNCC3)c2)cs1.CSc1ncccc1C(=O)Nc1nc(-c2cccc(N3CCN(C(C)=O)CC3)c2)cs1.CSc1ncccc1C(=O)Nc1nc(-c2cccc(N3CCN(S(C)(=O)=O)CC3)c2)cs1. The molecule has 96 heavy (non-hydrogen) atoms. The number of sulfonamides is 1. The van der Waals surface area contributed by atoms with E-state index in [2.05, 4.69) is 103 Å². The lowest BCUT2D eigenvalue weighted by Gasteiger charge is -2.35. The van der Waals surface area contributed by atoms with E-state index in [9.17, 15) is 36.0 Å². The van der Waals surface area contributed by atoms with Crippen molar-refractivity contribution < 1.29 is 36.0 Å². The molecule has 0 spiro atoms. The van der Waals surface area contributed by atoms with Gasteiger partial charge in [-0.15, -0.1) is 69.3 Å². The number of benzene rings is 3. The molecule has 3 fully saturated rings. The second-order valence-corrected chi connectivity index (χ2v) is 31.7. The number of thiazole rings is 3. The molecule has 0 unspecified atom stereocenters. The number of carbonyl (C=O) groups is 4. The number of Topliss-reactive ketones (excluding diaryl/α,β-unsaturated/α-hetero) is 1. The van der Waals surface area contributed by atoms with E-state index in [0.717, 1.165) is 114 Å². The van der Waals surface area contributed by atoms with Crippen molar-refractivity contribution in [3.8, 4) is 33.8 Å².